The highest BCUT2D eigenvalue weighted by atomic mass is 16.2. The van der Waals surface area contributed by atoms with Crippen LogP contribution in [0.2, 0.25) is 0 Å². The molecule has 0 unspecified atom stereocenters. The van der Waals surface area contributed by atoms with Crippen LogP contribution in [0.15, 0.2) is 48.5 Å². The number of hydrogen-bond donors (Lipinski definition) is 1. The standard InChI is InChI=1S/C26H33N3O2/c1-19-13-16-28(17-14-19)24-11-9-22(10-12-24)20(2)27-26(31)23-7-5-21(6-8-23)18-29-15-3-4-25(29)30/h5-12,19-20H,3-4,13-18H2,1-2H3,(H,27,31)/t20-/m0/s1. The molecule has 31 heavy (non-hydrogen) atoms. The summed E-state index contributed by atoms with van der Waals surface area (Å²) in [4.78, 5) is 28.8. The van der Waals surface area contributed by atoms with E-state index >= 15 is 0 Å². The van der Waals surface area contributed by atoms with Gasteiger partial charge in [-0.3, -0.25) is 9.59 Å². The molecule has 0 spiro atoms. The van der Waals surface area contributed by atoms with Crippen LogP contribution in [0.25, 0.3) is 0 Å². The first-order valence-electron chi connectivity index (χ1n) is 11.5. The fraction of sp³-hybridized carbons (Fsp3) is 0.462. The van der Waals surface area contributed by atoms with Crippen molar-refractivity contribution in [2.24, 2.45) is 5.92 Å². The van der Waals surface area contributed by atoms with E-state index in [-0.39, 0.29) is 17.9 Å². The summed E-state index contributed by atoms with van der Waals surface area (Å²) in [5, 5.41) is 3.10. The van der Waals surface area contributed by atoms with Gasteiger partial charge in [-0.25, -0.2) is 0 Å². The molecule has 5 nitrogen and oxygen atoms in total. The van der Waals surface area contributed by atoms with Gasteiger partial charge in [-0.15, -0.1) is 0 Å². The largest absolute Gasteiger partial charge is 0.372 e. The molecule has 2 aromatic rings. The smallest absolute Gasteiger partial charge is 0.251 e. The third kappa shape index (κ3) is 5.27. The summed E-state index contributed by atoms with van der Waals surface area (Å²) in [7, 11) is 0. The van der Waals surface area contributed by atoms with Crippen molar-refractivity contribution in [3.63, 3.8) is 0 Å². The van der Waals surface area contributed by atoms with Gasteiger partial charge in [0.1, 0.15) is 0 Å². The van der Waals surface area contributed by atoms with Gasteiger partial charge in [0, 0.05) is 43.9 Å². The number of likely N-dealkylation sites (tertiary alicyclic amines) is 1. The Hall–Kier alpha value is -2.82. The maximum Gasteiger partial charge on any atom is 0.251 e. The lowest BCUT2D eigenvalue weighted by atomic mass is 9.98. The van der Waals surface area contributed by atoms with Gasteiger partial charge < -0.3 is 15.1 Å². The number of rotatable bonds is 6. The van der Waals surface area contributed by atoms with E-state index in [1.165, 1.54) is 18.5 Å². The second-order valence-electron chi connectivity index (χ2n) is 9.07. The molecule has 2 heterocycles. The topological polar surface area (TPSA) is 52.7 Å². The maximum atomic E-state index is 12.7. The third-order valence-electron chi connectivity index (χ3n) is 6.65. The Balaban J connectivity index is 1.32. The summed E-state index contributed by atoms with van der Waals surface area (Å²) in [5.74, 6) is 0.962. The van der Waals surface area contributed by atoms with Gasteiger partial charge in [-0.2, -0.15) is 0 Å². The zero-order valence-corrected chi connectivity index (χ0v) is 18.6. The number of nitrogens with one attached hydrogen (secondary N) is 1. The summed E-state index contributed by atoms with van der Waals surface area (Å²) < 4.78 is 0. The molecule has 0 aromatic heterocycles. The number of piperidine rings is 1. The molecule has 0 radical (unpaired) electrons. The van der Waals surface area contributed by atoms with Crippen LogP contribution in [0.3, 0.4) is 0 Å². The van der Waals surface area contributed by atoms with Crippen molar-refractivity contribution in [1.29, 1.82) is 0 Å². The number of hydrogen-bond acceptors (Lipinski definition) is 3. The zero-order valence-electron chi connectivity index (χ0n) is 18.6. The molecule has 0 saturated carbocycles. The van der Waals surface area contributed by atoms with Crippen LogP contribution in [0.5, 0.6) is 0 Å². The molecular formula is C26H33N3O2. The normalized spacial score (nSPS) is 18.3. The highest BCUT2D eigenvalue weighted by molar-refractivity contribution is 5.94. The Morgan fingerprint density at radius 1 is 1.03 bits per heavy atom. The van der Waals surface area contributed by atoms with Crippen LogP contribution >= 0.6 is 0 Å². The number of nitrogens with zero attached hydrogens (tertiary/aromatic N) is 2. The molecule has 2 aliphatic heterocycles. The van der Waals surface area contributed by atoms with Gasteiger partial charge in [-0.05, 0) is 67.5 Å². The molecule has 0 bridgehead atoms. The third-order valence-corrected chi connectivity index (χ3v) is 6.65. The average molecular weight is 420 g/mol. The molecule has 1 atom stereocenters. The van der Waals surface area contributed by atoms with E-state index in [0.717, 1.165) is 43.1 Å². The Bertz CT molecular complexity index is 899. The number of anilines is 1. The van der Waals surface area contributed by atoms with Gasteiger partial charge in [0.15, 0.2) is 0 Å². The molecule has 2 aromatic carbocycles. The molecule has 2 saturated heterocycles. The summed E-state index contributed by atoms with van der Waals surface area (Å²) in [6.45, 7) is 8.03. The minimum atomic E-state index is -0.0783. The summed E-state index contributed by atoms with van der Waals surface area (Å²) in [6.07, 6.45) is 4.09. The summed E-state index contributed by atoms with van der Waals surface area (Å²) in [5.41, 5.74) is 4.07. The predicted octanol–water partition coefficient (Wildman–Crippen LogP) is 4.54. The van der Waals surface area contributed by atoms with Crippen molar-refractivity contribution in [1.82, 2.24) is 10.2 Å². The minimum Gasteiger partial charge on any atom is -0.372 e. The number of carbonyl (C=O) groups is 2. The predicted molar refractivity (Wildman–Crippen MR) is 124 cm³/mol. The summed E-state index contributed by atoms with van der Waals surface area (Å²) >= 11 is 0. The quantitative estimate of drug-likeness (QED) is 0.748. The van der Waals surface area contributed by atoms with Crippen molar-refractivity contribution >= 4 is 17.5 Å². The van der Waals surface area contributed by atoms with E-state index in [9.17, 15) is 9.59 Å². The van der Waals surface area contributed by atoms with E-state index in [0.29, 0.717) is 18.5 Å². The Labute approximate surface area is 185 Å². The second-order valence-corrected chi connectivity index (χ2v) is 9.07. The lowest BCUT2D eigenvalue weighted by Gasteiger charge is -2.32. The monoisotopic (exact) mass is 419 g/mol. The van der Waals surface area contributed by atoms with Crippen LogP contribution in [0, 0.1) is 5.92 Å². The molecule has 1 N–H and O–H groups in total. The highest BCUT2D eigenvalue weighted by Gasteiger charge is 2.20. The average Bonchev–Trinajstić information content (AvgIpc) is 3.19. The first kappa shape index (κ1) is 21.4. The fourth-order valence-corrected chi connectivity index (χ4v) is 4.46. The number of benzene rings is 2. The Morgan fingerprint density at radius 3 is 2.32 bits per heavy atom. The molecule has 5 heteroatoms. The lowest BCUT2D eigenvalue weighted by molar-refractivity contribution is -0.128. The van der Waals surface area contributed by atoms with E-state index < -0.39 is 0 Å². The SMILES string of the molecule is CC1CCN(c2ccc([C@H](C)NC(=O)c3ccc(CN4CCCC4=O)cc3)cc2)CC1. The van der Waals surface area contributed by atoms with E-state index in [4.69, 9.17) is 0 Å². The van der Waals surface area contributed by atoms with Crippen LogP contribution in [0.4, 0.5) is 5.69 Å². The number of carbonyl (C=O) groups excluding carboxylic acids is 2. The van der Waals surface area contributed by atoms with Gasteiger partial charge in [0.2, 0.25) is 5.91 Å². The van der Waals surface area contributed by atoms with Crippen molar-refractivity contribution in [3.8, 4) is 0 Å². The fourth-order valence-electron chi connectivity index (χ4n) is 4.46. The van der Waals surface area contributed by atoms with E-state index in [2.05, 4.69) is 41.4 Å². The van der Waals surface area contributed by atoms with Crippen molar-refractivity contribution in [2.75, 3.05) is 24.5 Å². The van der Waals surface area contributed by atoms with Gasteiger partial charge in [0.05, 0.1) is 6.04 Å². The molecule has 4 rings (SSSR count). The molecule has 2 aliphatic rings. The van der Waals surface area contributed by atoms with Crippen molar-refractivity contribution < 1.29 is 9.59 Å². The van der Waals surface area contributed by atoms with Gasteiger partial charge >= 0.3 is 0 Å². The molecular weight excluding hydrogens is 386 g/mol. The Kier molecular flexibility index (Phi) is 6.59. The number of amides is 2. The molecule has 164 valence electrons. The van der Waals surface area contributed by atoms with Gasteiger partial charge in [-0.1, -0.05) is 31.2 Å². The van der Waals surface area contributed by atoms with Gasteiger partial charge in [0.25, 0.3) is 5.91 Å². The highest BCUT2D eigenvalue weighted by Crippen LogP contribution is 2.25. The maximum absolute atomic E-state index is 12.7. The van der Waals surface area contributed by atoms with Crippen LogP contribution in [-0.2, 0) is 11.3 Å². The second kappa shape index (κ2) is 9.54. The Morgan fingerprint density at radius 2 is 1.71 bits per heavy atom. The first-order chi connectivity index (χ1) is 15.0. The minimum absolute atomic E-state index is 0.0650. The van der Waals surface area contributed by atoms with E-state index in [1.807, 2.05) is 36.1 Å². The molecule has 0 aliphatic carbocycles. The lowest BCUT2D eigenvalue weighted by Crippen LogP contribution is -2.32. The summed E-state index contributed by atoms with van der Waals surface area (Å²) in [6, 6.07) is 16.1. The zero-order chi connectivity index (χ0) is 21.8. The molecule has 2 amide bonds. The van der Waals surface area contributed by atoms with Crippen LogP contribution < -0.4 is 10.2 Å². The van der Waals surface area contributed by atoms with Crippen LogP contribution in [0.1, 0.15) is 67.1 Å². The molecule has 2 fully saturated rings. The van der Waals surface area contributed by atoms with Crippen molar-refractivity contribution in [2.45, 2.75) is 52.1 Å². The van der Waals surface area contributed by atoms with Crippen LogP contribution in [-0.4, -0.2) is 36.3 Å². The van der Waals surface area contributed by atoms with Crippen molar-refractivity contribution in [3.05, 3.63) is 65.2 Å². The van der Waals surface area contributed by atoms with E-state index in [1.54, 1.807) is 0 Å². The first-order valence-corrected chi connectivity index (χ1v) is 11.5.